The molecule has 1 N–H and O–H groups in total. The summed E-state index contributed by atoms with van der Waals surface area (Å²) < 4.78 is 5.41. The SMILES string of the molecule is CO[C@H]1CCN(c2ccc(C(=O)NCCC3=CCCCC3)cc2)C1. The number of nitrogens with one attached hydrogen (secondary N) is 1. The quantitative estimate of drug-likeness (QED) is 0.812. The maximum atomic E-state index is 12.3. The van der Waals surface area contributed by atoms with E-state index in [2.05, 4.69) is 16.3 Å². The molecule has 130 valence electrons. The third-order valence-corrected chi connectivity index (χ3v) is 5.09. The van der Waals surface area contributed by atoms with Crippen LogP contribution in [0.3, 0.4) is 0 Å². The summed E-state index contributed by atoms with van der Waals surface area (Å²) >= 11 is 0. The van der Waals surface area contributed by atoms with Crippen molar-refractivity contribution in [3.05, 3.63) is 41.5 Å². The second-order valence-electron chi connectivity index (χ2n) is 6.75. The Morgan fingerprint density at radius 1 is 1.29 bits per heavy atom. The van der Waals surface area contributed by atoms with Crippen molar-refractivity contribution >= 4 is 11.6 Å². The summed E-state index contributed by atoms with van der Waals surface area (Å²) in [6.45, 7) is 2.67. The average molecular weight is 328 g/mol. The molecule has 2 aliphatic rings. The van der Waals surface area contributed by atoms with E-state index in [1.807, 2.05) is 24.3 Å². The van der Waals surface area contributed by atoms with Crippen LogP contribution in [0.25, 0.3) is 0 Å². The van der Waals surface area contributed by atoms with Gasteiger partial charge in [0.05, 0.1) is 6.10 Å². The zero-order valence-electron chi connectivity index (χ0n) is 14.6. The molecule has 1 aromatic rings. The summed E-state index contributed by atoms with van der Waals surface area (Å²) in [5.74, 6) is 0.0224. The predicted octanol–water partition coefficient (Wildman–Crippen LogP) is 3.53. The Bertz CT molecular complexity index is 580. The number of nitrogens with zero attached hydrogens (tertiary/aromatic N) is 1. The number of hydrogen-bond acceptors (Lipinski definition) is 3. The fraction of sp³-hybridized carbons (Fsp3) is 0.550. The van der Waals surface area contributed by atoms with Crippen LogP contribution in [0.4, 0.5) is 5.69 Å². The Labute approximate surface area is 144 Å². The van der Waals surface area contributed by atoms with Crippen LogP contribution in [0.1, 0.15) is 48.9 Å². The number of ether oxygens (including phenoxy) is 1. The van der Waals surface area contributed by atoms with E-state index in [9.17, 15) is 4.79 Å². The molecule has 1 heterocycles. The van der Waals surface area contributed by atoms with Crippen molar-refractivity contribution in [1.82, 2.24) is 5.32 Å². The maximum absolute atomic E-state index is 12.3. The summed E-state index contributed by atoms with van der Waals surface area (Å²) in [7, 11) is 1.77. The van der Waals surface area contributed by atoms with Crippen molar-refractivity contribution in [3.8, 4) is 0 Å². The van der Waals surface area contributed by atoms with Gasteiger partial charge in [0.2, 0.25) is 0 Å². The van der Waals surface area contributed by atoms with E-state index in [-0.39, 0.29) is 5.91 Å². The Balaban J connectivity index is 1.48. The van der Waals surface area contributed by atoms with Crippen molar-refractivity contribution in [1.29, 1.82) is 0 Å². The molecule has 3 rings (SSSR count). The average Bonchev–Trinajstić information content (AvgIpc) is 3.12. The summed E-state index contributed by atoms with van der Waals surface area (Å²) in [5, 5.41) is 3.04. The lowest BCUT2D eigenvalue weighted by Crippen LogP contribution is -2.25. The highest BCUT2D eigenvalue weighted by Crippen LogP contribution is 2.22. The lowest BCUT2D eigenvalue weighted by atomic mass is 9.97. The molecule has 1 aromatic carbocycles. The molecule has 1 saturated heterocycles. The largest absolute Gasteiger partial charge is 0.380 e. The Morgan fingerprint density at radius 2 is 2.12 bits per heavy atom. The number of allylic oxidation sites excluding steroid dienone is 1. The van der Waals surface area contributed by atoms with Gasteiger partial charge in [-0.25, -0.2) is 0 Å². The van der Waals surface area contributed by atoms with Crippen LogP contribution in [-0.2, 0) is 4.74 Å². The molecule has 0 unspecified atom stereocenters. The molecule has 0 radical (unpaired) electrons. The van der Waals surface area contributed by atoms with Gasteiger partial charge in [0, 0.05) is 38.0 Å². The molecule has 0 spiro atoms. The number of hydrogen-bond donors (Lipinski definition) is 1. The molecule has 0 bridgehead atoms. The third-order valence-electron chi connectivity index (χ3n) is 5.09. The van der Waals surface area contributed by atoms with Gasteiger partial charge in [-0.15, -0.1) is 0 Å². The van der Waals surface area contributed by atoms with Gasteiger partial charge in [-0.2, -0.15) is 0 Å². The van der Waals surface area contributed by atoms with Gasteiger partial charge < -0.3 is 15.0 Å². The topological polar surface area (TPSA) is 41.6 Å². The number of rotatable bonds is 6. The second-order valence-corrected chi connectivity index (χ2v) is 6.75. The van der Waals surface area contributed by atoms with E-state index in [4.69, 9.17) is 4.74 Å². The highest BCUT2D eigenvalue weighted by Gasteiger charge is 2.22. The van der Waals surface area contributed by atoms with Crippen molar-refractivity contribution in [2.75, 3.05) is 31.6 Å². The van der Waals surface area contributed by atoms with E-state index >= 15 is 0 Å². The minimum absolute atomic E-state index is 0.0224. The minimum Gasteiger partial charge on any atom is -0.380 e. The number of amides is 1. The maximum Gasteiger partial charge on any atom is 0.251 e. The fourth-order valence-electron chi connectivity index (χ4n) is 3.55. The lowest BCUT2D eigenvalue weighted by Gasteiger charge is -2.18. The molecular formula is C20H28N2O2. The molecule has 1 aliphatic heterocycles. The number of methoxy groups -OCH3 is 1. The highest BCUT2D eigenvalue weighted by molar-refractivity contribution is 5.94. The molecule has 4 heteroatoms. The molecule has 0 saturated carbocycles. The van der Waals surface area contributed by atoms with Crippen LogP contribution in [0.2, 0.25) is 0 Å². The van der Waals surface area contributed by atoms with E-state index in [1.54, 1.807) is 7.11 Å². The lowest BCUT2D eigenvalue weighted by molar-refractivity contribution is 0.0954. The van der Waals surface area contributed by atoms with Crippen LogP contribution in [-0.4, -0.2) is 38.8 Å². The molecular weight excluding hydrogens is 300 g/mol. The van der Waals surface area contributed by atoms with Gasteiger partial charge in [0.1, 0.15) is 0 Å². The number of anilines is 1. The standard InChI is InChI=1S/C20H28N2O2/c1-24-19-12-14-22(15-19)18-9-7-17(8-10-18)20(23)21-13-11-16-5-3-2-4-6-16/h5,7-10,19H,2-4,6,11-15H2,1H3,(H,21,23)/t19-/m0/s1. The monoisotopic (exact) mass is 328 g/mol. The van der Waals surface area contributed by atoms with Crippen LogP contribution in [0.15, 0.2) is 35.9 Å². The van der Waals surface area contributed by atoms with Gasteiger partial charge >= 0.3 is 0 Å². The molecule has 1 amide bonds. The Morgan fingerprint density at radius 3 is 2.79 bits per heavy atom. The van der Waals surface area contributed by atoms with Gasteiger partial charge in [-0.05, 0) is 62.8 Å². The van der Waals surface area contributed by atoms with E-state index < -0.39 is 0 Å². The summed E-state index contributed by atoms with van der Waals surface area (Å²) in [5.41, 5.74) is 3.40. The first-order valence-corrected chi connectivity index (χ1v) is 9.10. The number of carbonyl (C=O) groups excluding carboxylic acids is 1. The molecule has 24 heavy (non-hydrogen) atoms. The first-order chi connectivity index (χ1) is 11.8. The van der Waals surface area contributed by atoms with Crippen molar-refractivity contribution in [3.63, 3.8) is 0 Å². The highest BCUT2D eigenvalue weighted by atomic mass is 16.5. The fourth-order valence-corrected chi connectivity index (χ4v) is 3.55. The normalized spacial score (nSPS) is 20.8. The molecule has 1 fully saturated rings. The second kappa shape index (κ2) is 8.34. The summed E-state index contributed by atoms with van der Waals surface area (Å²) in [4.78, 5) is 14.6. The number of benzene rings is 1. The molecule has 1 aliphatic carbocycles. The Hall–Kier alpha value is -1.81. The molecule has 0 aromatic heterocycles. The van der Waals surface area contributed by atoms with Gasteiger partial charge in [-0.1, -0.05) is 11.6 Å². The summed E-state index contributed by atoms with van der Waals surface area (Å²) in [6.07, 6.45) is 9.71. The van der Waals surface area contributed by atoms with Crippen molar-refractivity contribution in [2.24, 2.45) is 0 Å². The van der Waals surface area contributed by atoms with Crippen LogP contribution >= 0.6 is 0 Å². The third kappa shape index (κ3) is 4.38. The van der Waals surface area contributed by atoms with Crippen molar-refractivity contribution in [2.45, 2.75) is 44.6 Å². The molecule has 4 nitrogen and oxygen atoms in total. The van der Waals surface area contributed by atoms with E-state index in [1.165, 1.54) is 36.9 Å². The Kier molecular flexibility index (Phi) is 5.91. The molecule has 1 atom stereocenters. The zero-order valence-corrected chi connectivity index (χ0v) is 14.6. The predicted molar refractivity (Wildman–Crippen MR) is 97.6 cm³/mol. The van der Waals surface area contributed by atoms with Crippen LogP contribution < -0.4 is 10.2 Å². The van der Waals surface area contributed by atoms with E-state index in [0.717, 1.165) is 38.0 Å². The van der Waals surface area contributed by atoms with Crippen LogP contribution in [0.5, 0.6) is 0 Å². The van der Waals surface area contributed by atoms with E-state index in [0.29, 0.717) is 6.10 Å². The van der Waals surface area contributed by atoms with Gasteiger partial charge in [0.15, 0.2) is 0 Å². The number of carbonyl (C=O) groups is 1. The van der Waals surface area contributed by atoms with Gasteiger partial charge in [0.25, 0.3) is 5.91 Å². The first kappa shape index (κ1) is 17.0. The smallest absolute Gasteiger partial charge is 0.251 e. The summed E-state index contributed by atoms with van der Waals surface area (Å²) in [6, 6.07) is 7.92. The van der Waals surface area contributed by atoms with Crippen molar-refractivity contribution < 1.29 is 9.53 Å². The van der Waals surface area contributed by atoms with Gasteiger partial charge in [-0.3, -0.25) is 4.79 Å². The minimum atomic E-state index is 0.0224. The first-order valence-electron chi connectivity index (χ1n) is 9.10. The zero-order chi connectivity index (χ0) is 16.8. The van der Waals surface area contributed by atoms with Crippen LogP contribution in [0, 0.1) is 0 Å².